The van der Waals surface area contributed by atoms with Gasteiger partial charge in [-0.1, -0.05) is 73.7 Å². The SMILES string of the molecule is CC(CCCc1ccccc1)c1ccccc1.COc1ccc(CCNC(=O)O)cc1OC. The second kappa shape index (κ2) is 14.6. The molecule has 5 nitrogen and oxygen atoms in total. The quantitative estimate of drug-likeness (QED) is 0.380. The van der Waals surface area contributed by atoms with Crippen LogP contribution in [0.5, 0.6) is 11.5 Å². The molecule has 0 aliphatic carbocycles. The topological polar surface area (TPSA) is 67.8 Å². The van der Waals surface area contributed by atoms with Gasteiger partial charge in [-0.2, -0.15) is 0 Å². The number of rotatable bonds is 10. The van der Waals surface area contributed by atoms with Crippen LogP contribution in [0.1, 0.15) is 42.4 Å². The van der Waals surface area contributed by atoms with Crippen LogP contribution < -0.4 is 14.8 Å². The van der Waals surface area contributed by atoms with E-state index in [9.17, 15) is 4.79 Å². The second-order valence-electron chi connectivity index (χ2n) is 7.86. The minimum atomic E-state index is -1.01. The van der Waals surface area contributed by atoms with Crippen molar-refractivity contribution in [3.8, 4) is 11.5 Å². The van der Waals surface area contributed by atoms with Crippen LogP contribution in [0.3, 0.4) is 0 Å². The summed E-state index contributed by atoms with van der Waals surface area (Å²) in [6.45, 7) is 2.70. The average molecular weight is 450 g/mol. The number of benzene rings is 3. The lowest BCUT2D eigenvalue weighted by Crippen LogP contribution is -2.23. The maximum Gasteiger partial charge on any atom is 0.404 e. The first-order valence-corrected chi connectivity index (χ1v) is 11.3. The van der Waals surface area contributed by atoms with Gasteiger partial charge in [-0.25, -0.2) is 4.79 Å². The summed E-state index contributed by atoms with van der Waals surface area (Å²) in [6.07, 6.45) is 3.32. The van der Waals surface area contributed by atoms with Crippen molar-refractivity contribution in [3.63, 3.8) is 0 Å². The van der Waals surface area contributed by atoms with Crippen molar-refractivity contribution in [3.05, 3.63) is 95.6 Å². The first kappa shape index (κ1) is 25.8. The number of hydrogen-bond acceptors (Lipinski definition) is 3. The summed E-state index contributed by atoms with van der Waals surface area (Å²) in [7, 11) is 3.14. The van der Waals surface area contributed by atoms with Gasteiger partial charge in [0, 0.05) is 6.54 Å². The number of carboxylic acid groups (broad SMARTS) is 1. The molecule has 33 heavy (non-hydrogen) atoms. The normalized spacial score (nSPS) is 11.0. The molecular weight excluding hydrogens is 414 g/mol. The Labute approximate surface area is 197 Å². The summed E-state index contributed by atoms with van der Waals surface area (Å²) in [6, 6.07) is 27.1. The van der Waals surface area contributed by atoms with Crippen molar-refractivity contribution in [2.24, 2.45) is 0 Å². The lowest BCUT2D eigenvalue weighted by Gasteiger charge is -2.11. The molecule has 0 aromatic heterocycles. The lowest BCUT2D eigenvalue weighted by atomic mass is 9.94. The van der Waals surface area contributed by atoms with Gasteiger partial charge in [-0.3, -0.25) is 0 Å². The summed E-state index contributed by atoms with van der Waals surface area (Å²) >= 11 is 0. The predicted molar refractivity (Wildman–Crippen MR) is 134 cm³/mol. The minimum absolute atomic E-state index is 0.380. The van der Waals surface area contributed by atoms with Gasteiger partial charge in [0.2, 0.25) is 0 Å². The van der Waals surface area contributed by atoms with Crippen LogP contribution in [-0.4, -0.2) is 32.0 Å². The summed E-state index contributed by atoms with van der Waals surface area (Å²) in [4.78, 5) is 10.3. The molecule has 2 N–H and O–H groups in total. The highest BCUT2D eigenvalue weighted by atomic mass is 16.5. The van der Waals surface area contributed by atoms with E-state index in [4.69, 9.17) is 14.6 Å². The predicted octanol–water partition coefficient (Wildman–Crippen LogP) is 6.33. The minimum Gasteiger partial charge on any atom is -0.493 e. The monoisotopic (exact) mass is 449 g/mol. The zero-order chi connectivity index (χ0) is 23.9. The molecule has 0 saturated carbocycles. The van der Waals surface area contributed by atoms with Gasteiger partial charge in [-0.15, -0.1) is 0 Å². The third-order valence-electron chi connectivity index (χ3n) is 5.45. The molecule has 0 saturated heterocycles. The molecule has 176 valence electrons. The van der Waals surface area contributed by atoms with Crippen molar-refractivity contribution in [1.29, 1.82) is 0 Å². The molecule has 3 aromatic rings. The molecule has 1 unspecified atom stereocenters. The Hall–Kier alpha value is -3.47. The molecular formula is C28H35NO4. The number of hydrogen-bond donors (Lipinski definition) is 2. The van der Waals surface area contributed by atoms with E-state index in [0.29, 0.717) is 30.4 Å². The molecule has 0 spiro atoms. The summed E-state index contributed by atoms with van der Waals surface area (Å²) in [5.74, 6) is 1.98. The number of amides is 1. The molecule has 0 radical (unpaired) electrons. The fraction of sp³-hybridized carbons (Fsp3) is 0.321. The molecule has 1 atom stereocenters. The van der Waals surface area contributed by atoms with Crippen LogP contribution in [-0.2, 0) is 12.8 Å². The Bertz CT molecular complexity index is 945. The highest BCUT2D eigenvalue weighted by Gasteiger charge is 2.05. The molecule has 0 heterocycles. The summed E-state index contributed by atoms with van der Waals surface area (Å²) in [5.41, 5.74) is 3.90. The van der Waals surface area contributed by atoms with E-state index < -0.39 is 6.09 Å². The smallest absolute Gasteiger partial charge is 0.404 e. The van der Waals surface area contributed by atoms with Gasteiger partial charge in [0.1, 0.15) is 0 Å². The summed E-state index contributed by atoms with van der Waals surface area (Å²) < 4.78 is 10.2. The zero-order valence-electron chi connectivity index (χ0n) is 19.8. The zero-order valence-corrected chi connectivity index (χ0v) is 19.8. The molecule has 5 heteroatoms. The van der Waals surface area contributed by atoms with Crippen molar-refractivity contribution < 1.29 is 19.4 Å². The maximum absolute atomic E-state index is 10.3. The lowest BCUT2D eigenvalue weighted by molar-refractivity contribution is 0.194. The highest BCUT2D eigenvalue weighted by molar-refractivity contribution is 5.64. The van der Waals surface area contributed by atoms with Gasteiger partial charge < -0.3 is 19.9 Å². The molecule has 0 aliphatic rings. The van der Waals surface area contributed by atoms with Crippen LogP contribution in [0.15, 0.2) is 78.9 Å². The van der Waals surface area contributed by atoms with Crippen LogP contribution in [0.4, 0.5) is 4.79 Å². The largest absolute Gasteiger partial charge is 0.493 e. The van der Waals surface area contributed by atoms with Crippen molar-refractivity contribution in [1.82, 2.24) is 5.32 Å². The van der Waals surface area contributed by atoms with Crippen molar-refractivity contribution in [2.75, 3.05) is 20.8 Å². The molecule has 1 amide bonds. The van der Waals surface area contributed by atoms with Gasteiger partial charge in [0.05, 0.1) is 14.2 Å². The number of ether oxygens (including phenoxy) is 2. The van der Waals surface area contributed by atoms with E-state index in [0.717, 1.165) is 5.56 Å². The molecule has 0 bridgehead atoms. The maximum atomic E-state index is 10.3. The third-order valence-corrected chi connectivity index (χ3v) is 5.45. The molecule has 3 rings (SSSR count). The summed E-state index contributed by atoms with van der Waals surface area (Å²) in [5, 5.41) is 10.7. The Kier molecular flexibility index (Phi) is 11.4. The third kappa shape index (κ3) is 9.69. The second-order valence-corrected chi connectivity index (χ2v) is 7.86. The van der Waals surface area contributed by atoms with Crippen LogP contribution in [0.25, 0.3) is 0 Å². The number of carbonyl (C=O) groups is 1. The van der Waals surface area contributed by atoms with Crippen LogP contribution in [0.2, 0.25) is 0 Å². The van der Waals surface area contributed by atoms with Gasteiger partial charge in [0.25, 0.3) is 0 Å². The van der Waals surface area contributed by atoms with E-state index in [1.165, 1.54) is 30.4 Å². The molecule has 3 aromatic carbocycles. The van der Waals surface area contributed by atoms with Gasteiger partial charge in [-0.05, 0) is 60.4 Å². The Morgan fingerprint density at radius 1 is 0.848 bits per heavy atom. The molecule has 0 fully saturated rings. The highest BCUT2D eigenvalue weighted by Crippen LogP contribution is 2.27. The Morgan fingerprint density at radius 3 is 2.09 bits per heavy atom. The average Bonchev–Trinajstić information content (AvgIpc) is 2.85. The van der Waals surface area contributed by atoms with Crippen LogP contribution in [0, 0.1) is 0 Å². The number of nitrogens with one attached hydrogen (secondary N) is 1. The number of methoxy groups -OCH3 is 2. The van der Waals surface area contributed by atoms with Crippen molar-refractivity contribution >= 4 is 6.09 Å². The standard InChI is InChI=1S/C17H20.C11H15NO4/c1-15(17-13-6-3-7-14-17)9-8-12-16-10-4-2-5-11-16;1-15-9-4-3-8(7-10(9)16-2)5-6-12-11(13)14/h2-7,10-11,13-15H,8-9,12H2,1H3;3-4,7,12H,5-6H2,1-2H3,(H,13,14). The van der Waals surface area contributed by atoms with Crippen molar-refractivity contribution in [2.45, 2.75) is 38.5 Å². The van der Waals surface area contributed by atoms with Crippen LogP contribution >= 0.6 is 0 Å². The Morgan fingerprint density at radius 2 is 1.48 bits per heavy atom. The fourth-order valence-corrected chi connectivity index (χ4v) is 3.56. The first-order chi connectivity index (χ1) is 16.0. The van der Waals surface area contributed by atoms with E-state index in [2.05, 4.69) is 72.9 Å². The van der Waals surface area contributed by atoms with E-state index in [1.807, 2.05) is 12.1 Å². The van der Waals surface area contributed by atoms with E-state index in [-0.39, 0.29) is 0 Å². The molecule has 0 aliphatic heterocycles. The van der Waals surface area contributed by atoms with Gasteiger partial charge in [0.15, 0.2) is 11.5 Å². The fourth-order valence-electron chi connectivity index (χ4n) is 3.56. The van der Waals surface area contributed by atoms with Gasteiger partial charge >= 0.3 is 6.09 Å². The number of aryl methyl sites for hydroxylation is 1. The van der Waals surface area contributed by atoms with E-state index in [1.54, 1.807) is 20.3 Å². The van der Waals surface area contributed by atoms with E-state index >= 15 is 0 Å². The Balaban J connectivity index is 0.000000234. The first-order valence-electron chi connectivity index (χ1n) is 11.3.